The van der Waals surface area contributed by atoms with Crippen LogP contribution in [0.1, 0.15) is 46.1 Å². The molecule has 0 aromatic heterocycles. The van der Waals surface area contributed by atoms with Crippen LogP contribution in [0.25, 0.3) is 0 Å². The predicted molar refractivity (Wildman–Crippen MR) is 91.7 cm³/mol. The summed E-state index contributed by atoms with van der Waals surface area (Å²) in [5, 5.41) is 3.80. The van der Waals surface area contributed by atoms with E-state index in [4.69, 9.17) is 0 Å². The molecule has 0 bridgehead atoms. The second-order valence-electron chi connectivity index (χ2n) is 7.08. The lowest BCUT2D eigenvalue weighted by molar-refractivity contribution is 0.0710. The van der Waals surface area contributed by atoms with Crippen molar-refractivity contribution in [1.82, 2.24) is 10.2 Å². The van der Waals surface area contributed by atoms with Gasteiger partial charge in [0.2, 0.25) is 0 Å². The highest BCUT2D eigenvalue weighted by molar-refractivity contribution is 5.16. The maximum atomic E-state index is 3.80. The summed E-state index contributed by atoms with van der Waals surface area (Å²) >= 11 is 0. The standard InChI is InChI=1S/C19H32N2/c1-5-16(3)14-21-15-19(4,6-2)20-13-18(21)12-17-10-8-7-9-11-17/h7-11,16,18,20H,5-6,12-15H2,1-4H3. The number of nitrogens with one attached hydrogen (secondary N) is 1. The SMILES string of the molecule is CCC(C)CN1CC(C)(CC)NCC1Cc1ccccc1. The van der Waals surface area contributed by atoms with E-state index in [0.29, 0.717) is 6.04 Å². The van der Waals surface area contributed by atoms with Gasteiger partial charge in [-0.2, -0.15) is 0 Å². The lowest BCUT2D eigenvalue weighted by Gasteiger charge is -2.47. The van der Waals surface area contributed by atoms with Gasteiger partial charge in [0.15, 0.2) is 0 Å². The van der Waals surface area contributed by atoms with Crippen LogP contribution < -0.4 is 5.32 Å². The monoisotopic (exact) mass is 288 g/mol. The molecule has 118 valence electrons. The zero-order valence-electron chi connectivity index (χ0n) is 14.2. The van der Waals surface area contributed by atoms with Crippen LogP contribution in [-0.4, -0.2) is 36.1 Å². The molecule has 0 amide bonds. The Labute approximate surface area is 130 Å². The molecule has 1 aliphatic heterocycles. The molecule has 3 unspecified atom stereocenters. The normalized spacial score (nSPS) is 28.5. The third-order valence-corrected chi connectivity index (χ3v) is 5.17. The van der Waals surface area contributed by atoms with Crippen molar-refractivity contribution in [2.75, 3.05) is 19.6 Å². The van der Waals surface area contributed by atoms with Gasteiger partial charge in [-0.3, -0.25) is 4.90 Å². The minimum Gasteiger partial charge on any atom is -0.309 e. The highest BCUT2D eigenvalue weighted by Gasteiger charge is 2.34. The quantitative estimate of drug-likeness (QED) is 0.858. The molecular formula is C19H32N2. The highest BCUT2D eigenvalue weighted by atomic mass is 15.2. The molecule has 0 spiro atoms. The first-order chi connectivity index (χ1) is 10.1. The van der Waals surface area contributed by atoms with Gasteiger partial charge in [0, 0.05) is 31.2 Å². The molecule has 2 nitrogen and oxygen atoms in total. The lowest BCUT2D eigenvalue weighted by atomic mass is 9.90. The van der Waals surface area contributed by atoms with Crippen LogP contribution in [0.4, 0.5) is 0 Å². The van der Waals surface area contributed by atoms with Gasteiger partial charge in [-0.05, 0) is 31.2 Å². The van der Waals surface area contributed by atoms with E-state index in [-0.39, 0.29) is 5.54 Å². The Bertz CT molecular complexity index is 417. The van der Waals surface area contributed by atoms with E-state index < -0.39 is 0 Å². The van der Waals surface area contributed by atoms with E-state index in [2.05, 4.69) is 68.2 Å². The van der Waals surface area contributed by atoms with Gasteiger partial charge < -0.3 is 5.32 Å². The van der Waals surface area contributed by atoms with Gasteiger partial charge in [-0.25, -0.2) is 0 Å². The van der Waals surface area contributed by atoms with Gasteiger partial charge in [-0.1, -0.05) is 57.5 Å². The first-order valence-electron chi connectivity index (χ1n) is 8.59. The van der Waals surface area contributed by atoms with E-state index in [0.717, 1.165) is 18.9 Å². The Morgan fingerprint density at radius 1 is 1.29 bits per heavy atom. The molecule has 1 fully saturated rings. The summed E-state index contributed by atoms with van der Waals surface area (Å²) in [4.78, 5) is 2.74. The Hall–Kier alpha value is -0.860. The molecule has 2 rings (SSSR count). The van der Waals surface area contributed by atoms with Crippen molar-refractivity contribution in [3.05, 3.63) is 35.9 Å². The largest absolute Gasteiger partial charge is 0.309 e. The molecule has 1 heterocycles. The zero-order valence-corrected chi connectivity index (χ0v) is 14.2. The van der Waals surface area contributed by atoms with E-state index in [1.54, 1.807) is 0 Å². The molecule has 3 atom stereocenters. The Morgan fingerprint density at radius 2 is 2.00 bits per heavy atom. The first-order valence-corrected chi connectivity index (χ1v) is 8.59. The average Bonchev–Trinajstić information content (AvgIpc) is 2.51. The average molecular weight is 288 g/mol. The Morgan fingerprint density at radius 3 is 2.62 bits per heavy atom. The van der Waals surface area contributed by atoms with Gasteiger partial charge >= 0.3 is 0 Å². The first kappa shape index (κ1) is 16.5. The summed E-state index contributed by atoms with van der Waals surface area (Å²) in [7, 11) is 0. The summed E-state index contributed by atoms with van der Waals surface area (Å²) in [5.41, 5.74) is 1.74. The summed E-state index contributed by atoms with van der Waals surface area (Å²) in [6.07, 6.45) is 3.62. The topological polar surface area (TPSA) is 15.3 Å². The van der Waals surface area contributed by atoms with Gasteiger partial charge in [-0.15, -0.1) is 0 Å². The number of hydrogen-bond acceptors (Lipinski definition) is 2. The fourth-order valence-electron chi connectivity index (χ4n) is 3.19. The summed E-state index contributed by atoms with van der Waals surface area (Å²) in [6, 6.07) is 11.6. The summed E-state index contributed by atoms with van der Waals surface area (Å²) in [6.45, 7) is 12.9. The van der Waals surface area contributed by atoms with Crippen molar-refractivity contribution >= 4 is 0 Å². The smallest absolute Gasteiger partial charge is 0.0278 e. The molecular weight excluding hydrogens is 256 g/mol. The van der Waals surface area contributed by atoms with Crippen molar-refractivity contribution in [2.24, 2.45) is 5.92 Å². The van der Waals surface area contributed by atoms with Crippen molar-refractivity contribution in [3.63, 3.8) is 0 Å². The number of nitrogens with zero attached hydrogens (tertiary/aromatic N) is 1. The predicted octanol–water partition coefficient (Wildman–Crippen LogP) is 3.72. The minimum absolute atomic E-state index is 0.278. The van der Waals surface area contributed by atoms with Crippen molar-refractivity contribution < 1.29 is 0 Å². The molecule has 1 aromatic carbocycles. The molecule has 0 radical (unpaired) electrons. The van der Waals surface area contributed by atoms with Gasteiger partial charge in [0.05, 0.1) is 0 Å². The van der Waals surface area contributed by atoms with Crippen LogP contribution in [0.2, 0.25) is 0 Å². The van der Waals surface area contributed by atoms with Crippen molar-refractivity contribution in [3.8, 4) is 0 Å². The number of benzene rings is 1. The van der Waals surface area contributed by atoms with E-state index in [1.807, 2.05) is 0 Å². The third-order valence-electron chi connectivity index (χ3n) is 5.17. The van der Waals surface area contributed by atoms with Crippen LogP contribution in [0, 0.1) is 5.92 Å². The van der Waals surface area contributed by atoms with Crippen molar-refractivity contribution in [1.29, 1.82) is 0 Å². The highest BCUT2D eigenvalue weighted by Crippen LogP contribution is 2.22. The van der Waals surface area contributed by atoms with E-state index in [9.17, 15) is 0 Å². The molecule has 1 saturated heterocycles. The lowest BCUT2D eigenvalue weighted by Crippen LogP contribution is -2.63. The molecule has 1 aromatic rings. The Kier molecular flexibility index (Phi) is 5.83. The van der Waals surface area contributed by atoms with Gasteiger partial charge in [0.25, 0.3) is 0 Å². The number of piperazine rings is 1. The Balaban J connectivity index is 2.06. The zero-order chi connectivity index (χ0) is 15.3. The maximum absolute atomic E-state index is 3.80. The maximum Gasteiger partial charge on any atom is 0.0278 e. The summed E-state index contributed by atoms with van der Waals surface area (Å²) in [5.74, 6) is 0.780. The van der Waals surface area contributed by atoms with Gasteiger partial charge in [0.1, 0.15) is 0 Å². The van der Waals surface area contributed by atoms with E-state index in [1.165, 1.54) is 31.5 Å². The number of rotatable bonds is 6. The summed E-state index contributed by atoms with van der Waals surface area (Å²) < 4.78 is 0. The van der Waals surface area contributed by atoms with Crippen LogP contribution in [-0.2, 0) is 6.42 Å². The number of hydrogen-bond donors (Lipinski definition) is 1. The minimum atomic E-state index is 0.278. The molecule has 2 heteroatoms. The molecule has 0 saturated carbocycles. The second kappa shape index (κ2) is 7.42. The molecule has 1 N–H and O–H groups in total. The molecule has 1 aliphatic rings. The molecule has 21 heavy (non-hydrogen) atoms. The molecule has 0 aliphatic carbocycles. The van der Waals surface area contributed by atoms with Crippen LogP contribution in [0.3, 0.4) is 0 Å². The fraction of sp³-hybridized carbons (Fsp3) is 0.684. The van der Waals surface area contributed by atoms with Crippen LogP contribution in [0.15, 0.2) is 30.3 Å². The van der Waals surface area contributed by atoms with Crippen molar-refractivity contribution in [2.45, 2.75) is 58.5 Å². The van der Waals surface area contributed by atoms with E-state index >= 15 is 0 Å². The third kappa shape index (κ3) is 4.55. The fourth-order valence-corrected chi connectivity index (χ4v) is 3.19. The second-order valence-corrected chi connectivity index (χ2v) is 7.08. The van der Waals surface area contributed by atoms with Crippen LogP contribution >= 0.6 is 0 Å². The van der Waals surface area contributed by atoms with Crippen LogP contribution in [0.5, 0.6) is 0 Å².